The summed E-state index contributed by atoms with van der Waals surface area (Å²) in [6.07, 6.45) is 0.959. The molecular weight excluding hydrogens is 358 g/mol. The van der Waals surface area contributed by atoms with Crippen LogP contribution in [0.25, 0.3) is 0 Å². The van der Waals surface area contributed by atoms with E-state index in [0.717, 1.165) is 16.5 Å². The van der Waals surface area contributed by atoms with Gasteiger partial charge in [-0.15, -0.1) is 12.4 Å². The van der Waals surface area contributed by atoms with Crippen molar-refractivity contribution in [2.75, 3.05) is 13.1 Å². The van der Waals surface area contributed by atoms with Crippen molar-refractivity contribution < 1.29 is 9.59 Å². The zero-order valence-electron chi connectivity index (χ0n) is 11.9. The van der Waals surface area contributed by atoms with Crippen LogP contribution in [0.15, 0.2) is 28.7 Å². The van der Waals surface area contributed by atoms with Crippen molar-refractivity contribution in [2.45, 2.75) is 25.8 Å². The number of amides is 2. The van der Waals surface area contributed by atoms with Gasteiger partial charge in [-0.05, 0) is 30.7 Å². The Bertz CT molecular complexity index is 454. The summed E-state index contributed by atoms with van der Waals surface area (Å²) in [5.41, 5.74) is 6.27. The van der Waals surface area contributed by atoms with Gasteiger partial charge in [-0.25, -0.2) is 0 Å². The Balaban J connectivity index is 0.00000400. The minimum Gasteiger partial charge on any atom is -0.356 e. The topological polar surface area (TPSA) is 84.2 Å². The summed E-state index contributed by atoms with van der Waals surface area (Å²) >= 11 is 3.36. The molecule has 0 aliphatic heterocycles. The minimum atomic E-state index is -0.321. The Labute approximate surface area is 139 Å². The number of nitrogens with two attached hydrogens (primary N) is 1. The highest BCUT2D eigenvalue weighted by Gasteiger charge is 2.16. The number of carbonyl (C=O) groups excluding carboxylic acids is 2. The van der Waals surface area contributed by atoms with Gasteiger partial charge in [-0.3, -0.25) is 9.59 Å². The van der Waals surface area contributed by atoms with Crippen molar-refractivity contribution >= 4 is 40.2 Å². The average molecular weight is 379 g/mol. The fourth-order valence-corrected chi connectivity index (χ4v) is 2.04. The predicted molar refractivity (Wildman–Crippen MR) is 89.2 cm³/mol. The maximum atomic E-state index is 11.8. The van der Waals surface area contributed by atoms with Crippen molar-refractivity contribution in [2.24, 2.45) is 5.73 Å². The standard InChI is InChI=1S/C14H20BrN3O2.ClH/c1-10(19)18-13(9-14(20)17-8-2-7-16)11-3-5-12(15)6-4-11;/h3-6,13H,2,7-9,16H2,1H3,(H,17,20)(H,18,19);1H. The molecule has 0 bridgehead atoms. The average Bonchev–Trinajstić information content (AvgIpc) is 2.38. The molecule has 4 N–H and O–H groups in total. The zero-order valence-corrected chi connectivity index (χ0v) is 14.3. The van der Waals surface area contributed by atoms with E-state index in [4.69, 9.17) is 5.73 Å². The number of hydrogen-bond donors (Lipinski definition) is 3. The van der Waals surface area contributed by atoms with Gasteiger partial charge in [0.1, 0.15) is 0 Å². The summed E-state index contributed by atoms with van der Waals surface area (Å²) in [5, 5.41) is 5.59. The molecule has 0 heterocycles. The lowest BCUT2D eigenvalue weighted by Crippen LogP contribution is -2.33. The minimum absolute atomic E-state index is 0. The normalized spacial score (nSPS) is 11.2. The SMILES string of the molecule is CC(=O)NC(CC(=O)NCCCN)c1ccc(Br)cc1.Cl. The first-order valence-electron chi connectivity index (χ1n) is 6.52. The quantitative estimate of drug-likeness (QED) is 0.634. The van der Waals surface area contributed by atoms with E-state index in [1.165, 1.54) is 6.92 Å². The lowest BCUT2D eigenvalue weighted by Gasteiger charge is -2.18. The predicted octanol–water partition coefficient (Wildman–Crippen LogP) is 1.90. The summed E-state index contributed by atoms with van der Waals surface area (Å²) < 4.78 is 0.954. The molecular formula is C14H21BrClN3O2. The number of nitrogens with one attached hydrogen (secondary N) is 2. The van der Waals surface area contributed by atoms with E-state index >= 15 is 0 Å². The van der Waals surface area contributed by atoms with Crippen LogP contribution in [0, 0.1) is 0 Å². The number of carbonyl (C=O) groups is 2. The number of rotatable bonds is 7. The van der Waals surface area contributed by atoms with Gasteiger partial charge in [-0.2, -0.15) is 0 Å². The molecule has 1 atom stereocenters. The van der Waals surface area contributed by atoms with E-state index in [9.17, 15) is 9.59 Å². The lowest BCUT2D eigenvalue weighted by molar-refractivity contribution is -0.122. The maximum absolute atomic E-state index is 11.8. The van der Waals surface area contributed by atoms with E-state index in [1.807, 2.05) is 24.3 Å². The van der Waals surface area contributed by atoms with Gasteiger partial charge >= 0.3 is 0 Å². The smallest absolute Gasteiger partial charge is 0.222 e. The van der Waals surface area contributed by atoms with Crippen molar-refractivity contribution in [1.82, 2.24) is 10.6 Å². The third-order valence-electron chi connectivity index (χ3n) is 2.74. The molecule has 5 nitrogen and oxygen atoms in total. The molecule has 118 valence electrons. The van der Waals surface area contributed by atoms with Crippen LogP contribution in [-0.4, -0.2) is 24.9 Å². The maximum Gasteiger partial charge on any atom is 0.222 e. The molecule has 0 saturated carbocycles. The number of hydrogen-bond acceptors (Lipinski definition) is 3. The van der Waals surface area contributed by atoms with Gasteiger partial charge in [0.05, 0.1) is 12.5 Å². The highest BCUT2D eigenvalue weighted by atomic mass is 79.9. The van der Waals surface area contributed by atoms with Crippen LogP contribution < -0.4 is 16.4 Å². The molecule has 0 aliphatic carbocycles. The monoisotopic (exact) mass is 377 g/mol. The van der Waals surface area contributed by atoms with E-state index < -0.39 is 0 Å². The van der Waals surface area contributed by atoms with Crippen molar-refractivity contribution in [1.29, 1.82) is 0 Å². The molecule has 1 aromatic carbocycles. The van der Waals surface area contributed by atoms with Crippen molar-refractivity contribution in [3.63, 3.8) is 0 Å². The molecule has 2 amide bonds. The van der Waals surface area contributed by atoms with Crippen LogP contribution in [0.1, 0.15) is 31.4 Å². The van der Waals surface area contributed by atoms with E-state index in [2.05, 4.69) is 26.6 Å². The second kappa shape index (κ2) is 10.6. The Morgan fingerprint density at radius 2 is 1.90 bits per heavy atom. The Hall–Kier alpha value is -1.11. The highest BCUT2D eigenvalue weighted by molar-refractivity contribution is 9.10. The number of halogens is 2. The van der Waals surface area contributed by atoms with Gasteiger partial charge in [0, 0.05) is 17.9 Å². The fraction of sp³-hybridized carbons (Fsp3) is 0.429. The number of benzene rings is 1. The van der Waals surface area contributed by atoms with Crippen molar-refractivity contribution in [3.8, 4) is 0 Å². The Kier molecular flexibility index (Phi) is 10.0. The molecule has 1 aromatic rings. The molecule has 7 heteroatoms. The van der Waals surface area contributed by atoms with Crippen LogP contribution in [-0.2, 0) is 9.59 Å². The largest absolute Gasteiger partial charge is 0.356 e. The lowest BCUT2D eigenvalue weighted by atomic mass is 10.0. The molecule has 0 saturated heterocycles. The molecule has 0 spiro atoms. The molecule has 0 fully saturated rings. The van der Waals surface area contributed by atoms with Crippen LogP contribution in [0.4, 0.5) is 0 Å². The third kappa shape index (κ3) is 8.04. The van der Waals surface area contributed by atoms with E-state index in [-0.39, 0.29) is 36.7 Å². The van der Waals surface area contributed by atoms with Gasteiger partial charge in [-0.1, -0.05) is 28.1 Å². The highest BCUT2D eigenvalue weighted by Crippen LogP contribution is 2.19. The Morgan fingerprint density at radius 3 is 2.43 bits per heavy atom. The summed E-state index contributed by atoms with van der Waals surface area (Å²) in [6.45, 7) is 2.54. The molecule has 0 aromatic heterocycles. The van der Waals surface area contributed by atoms with Crippen molar-refractivity contribution in [3.05, 3.63) is 34.3 Å². The van der Waals surface area contributed by atoms with E-state index in [1.54, 1.807) is 0 Å². The van der Waals surface area contributed by atoms with E-state index in [0.29, 0.717) is 13.1 Å². The van der Waals surface area contributed by atoms with Gasteiger partial charge in [0.2, 0.25) is 11.8 Å². The summed E-state index contributed by atoms with van der Waals surface area (Å²) in [5.74, 6) is -0.257. The first-order valence-corrected chi connectivity index (χ1v) is 7.31. The fourth-order valence-electron chi connectivity index (χ4n) is 1.78. The third-order valence-corrected chi connectivity index (χ3v) is 3.27. The van der Waals surface area contributed by atoms with Gasteiger partial charge in [0.25, 0.3) is 0 Å². The summed E-state index contributed by atoms with van der Waals surface area (Å²) in [6, 6.07) is 7.22. The Morgan fingerprint density at radius 1 is 1.29 bits per heavy atom. The summed E-state index contributed by atoms with van der Waals surface area (Å²) in [4.78, 5) is 23.1. The van der Waals surface area contributed by atoms with Crippen LogP contribution in [0.2, 0.25) is 0 Å². The molecule has 1 rings (SSSR count). The van der Waals surface area contributed by atoms with Crippen LogP contribution >= 0.6 is 28.3 Å². The molecule has 0 aliphatic rings. The second-order valence-corrected chi connectivity index (χ2v) is 5.42. The van der Waals surface area contributed by atoms with Crippen LogP contribution in [0.3, 0.4) is 0 Å². The molecule has 21 heavy (non-hydrogen) atoms. The second-order valence-electron chi connectivity index (χ2n) is 4.50. The van der Waals surface area contributed by atoms with Gasteiger partial charge < -0.3 is 16.4 Å². The molecule has 1 unspecified atom stereocenters. The first kappa shape index (κ1) is 19.9. The zero-order chi connectivity index (χ0) is 15.0. The van der Waals surface area contributed by atoms with Gasteiger partial charge in [0.15, 0.2) is 0 Å². The molecule has 0 radical (unpaired) electrons. The summed E-state index contributed by atoms with van der Waals surface area (Å²) in [7, 11) is 0. The van der Waals surface area contributed by atoms with Crippen LogP contribution in [0.5, 0.6) is 0 Å². The first-order chi connectivity index (χ1) is 9.52.